The average Bonchev–Trinajstić information content (AvgIpc) is 2.81. The maximum Gasteiger partial charge on any atom is 0.287 e. The molecular weight excluding hydrogens is 262 g/mol. The standard InChI is InChI=1S/C13H15N3O4/c1-4-10(13-14-8(3)16-20-13)15-12(18)11-6-9(17)5-7(2)19-11/h5-6,10H,4H2,1-3H3,(H,15,18). The van der Waals surface area contributed by atoms with E-state index in [0.29, 0.717) is 23.9 Å². The molecule has 1 unspecified atom stereocenters. The Morgan fingerprint density at radius 3 is 2.70 bits per heavy atom. The van der Waals surface area contributed by atoms with Gasteiger partial charge in [-0.2, -0.15) is 4.98 Å². The Hall–Kier alpha value is -2.44. The van der Waals surface area contributed by atoms with E-state index in [9.17, 15) is 9.59 Å². The van der Waals surface area contributed by atoms with E-state index in [2.05, 4.69) is 15.5 Å². The van der Waals surface area contributed by atoms with Crippen LogP contribution in [0, 0.1) is 13.8 Å². The lowest BCUT2D eigenvalue weighted by Gasteiger charge is -2.12. The summed E-state index contributed by atoms with van der Waals surface area (Å²) in [7, 11) is 0. The van der Waals surface area contributed by atoms with Crippen molar-refractivity contribution in [1.82, 2.24) is 15.5 Å². The Bertz CT molecular complexity index is 674. The molecule has 7 heteroatoms. The van der Waals surface area contributed by atoms with E-state index in [1.807, 2.05) is 6.92 Å². The molecule has 0 aliphatic carbocycles. The van der Waals surface area contributed by atoms with Crippen molar-refractivity contribution in [2.75, 3.05) is 0 Å². The van der Waals surface area contributed by atoms with Crippen LogP contribution in [-0.2, 0) is 0 Å². The van der Waals surface area contributed by atoms with Crippen molar-refractivity contribution in [1.29, 1.82) is 0 Å². The highest BCUT2D eigenvalue weighted by Gasteiger charge is 2.21. The molecule has 0 saturated carbocycles. The number of nitrogens with zero attached hydrogens (tertiary/aromatic N) is 2. The number of amides is 1. The summed E-state index contributed by atoms with van der Waals surface area (Å²) >= 11 is 0. The molecule has 1 N–H and O–H groups in total. The quantitative estimate of drug-likeness (QED) is 0.909. The van der Waals surface area contributed by atoms with Gasteiger partial charge in [0, 0.05) is 12.1 Å². The van der Waals surface area contributed by atoms with Crippen LogP contribution in [0.5, 0.6) is 0 Å². The third-order valence-electron chi connectivity index (χ3n) is 2.67. The summed E-state index contributed by atoms with van der Waals surface area (Å²) in [6.07, 6.45) is 0.573. The van der Waals surface area contributed by atoms with Crippen molar-refractivity contribution in [2.45, 2.75) is 33.2 Å². The van der Waals surface area contributed by atoms with E-state index in [0.717, 1.165) is 6.07 Å². The first-order valence-electron chi connectivity index (χ1n) is 6.22. The average molecular weight is 277 g/mol. The minimum Gasteiger partial charge on any atom is -0.456 e. The van der Waals surface area contributed by atoms with Gasteiger partial charge in [-0.3, -0.25) is 9.59 Å². The fourth-order valence-corrected chi connectivity index (χ4v) is 1.74. The van der Waals surface area contributed by atoms with Gasteiger partial charge in [0.1, 0.15) is 11.8 Å². The molecule has 1 amide bonds. The van der Waals surface area contributed by atoms with Crippen molar-refractivity contribution >= 4 is 5.91 Å². The van der Waals surface area contributed by atoms with Crippen LogP contribution >= 0.6 is 0 Å². The molecule has 0 spiro atoms. The van der Waals surface area contributed by atoms with Crippen LogP contribution in [0.25, 0.3) is 0 Å². The van der Waals surface area contributed by atoms with Crippen molar-refractivity contribution in [3.05, 3.63) is 45.6 Å². The lowest BCUT2D eigenvalue weighted by Crippen LogP contribution is -2.29. The van der Waals surface area contributed by atoms with Crippen LogP contribution in [0.1, 0.15) is 47.4 Å². The second-order valence-electron chi connectivity index (χ2n) is 4.38. The first kappa shape index (κ1) is 14.0. The molecule has 2 heterocycles. The molecule has 0 radical (unpaired) electrons. The SMILES string of the molecule is CCC(NC(=O)c1cc(=O)cc(C)o1)c1nc(C)no1. The van der Waals surface area contributed by atoms with Crippen LogP contribution in [0.4, 0.5) is 0 Å². The van der Waals surface area contributed by atoms with Gasteiger partial charge < -0.3 is 14.3 Å². The van der Waals surface area contributed by atoms with Gasteiger partial charge in [-0.1, -0.05) is 12.1 Å². The Morgan fingerprint density at radius 1 is 1.40 bits per heavy atom. The molecule has 0 aliphatic rings. The normalized spacial score (nSPS) is 12.2. The highest BCUT2D eigenvalue weighted by Crippen LogP contribution is 2.15. The molecule has 106 valence electrons. The molecule has 7 nitrogen and oxygen atoms in total. The predicted molar refractivity (Wildman–Crippen MR) is 69.2 cm³/mol. The fraction of sp³-hybridized carbons (Fsp3) is 0.385. The molecule has 0 fully saturated rings. The summed E-state index contributed by atoms with van der Waals surface area (Å²) in [5, 5.41) is 6.38. The second kappa shape index (κ2) is 5.68. The second-order valence-corrected chi connectivity index (χ2v) is 4.38. The molecule has 20 heavy (non-hydrogen) atoms. The smallest absolute Gasteiger partial charge is 0.287 e. The highest BCUT2D eigenvalue weighted by molar-refractivity contribution is 5.91. The van der Waals surface area contributed by atoms with Gasteiger partial charge in [-0.05, 0) is 20.3 Å². The maximum atomic E-state index is 12.1. The van der Waals surface area contributed by atoms with Gasteiger partial charge in [0.2, 0.25) is 5.89 Å². The van der Waals surface area contributed by atoms with Gasteiger partial charge in [0.25, 0.3) is 5.91 Å². The van der Waals surface area contributed by atoms with Gasteiger partial charge in [-0.25, -0.2) is 0 Å². The summed E-state index contributed by atoms with van der Waals surface area (Å²) in [6, 6.07) is 2.04. The minimum atomic E-state index is -0.492. The van der Waals surface area contributed by atoms with E-state index in [1.165, 1.54) is 6.07 Å². The molecule has 0 aliphatic heterocycles. The van der Waals surface area contributed by atoms with Crippen LogP contribution < -0.4 is 10.7 Å². The fourth-order valence-electron chi connectivity index (χ4n) is 1.74. The van der Waals surface area contributed by atoms with Gasteiger partial charge in [-0.15, -0.1) is 0 Å². The van der Waals surface area contributed by atoms with E-state index in [4.69, 9.17) is 8.94 Å². The topological polar surface area (TPSA) is 98.2 Å². The van der Waals surface area contributed by atoms with Crippen LogP contribution in [0.2, 0.25) is 0 Å². The number of carbonyl (C=O) groups excluding carboxylic acids is 1. The summed E-state index contributed by atoms with van der Waals surface area (Å²) in [5.74, 6) is 0.672. The zero-order valence-electron chi connectivity index (χ0n) is 11.5. The number of aryl methyl sites for hydroxylation is 2. The Balaban J connectivity index is 2.19. The van der Waals surface area contributed by atoms with Crippen LogP contribution in [0.3, 0.4) is 0 Å². The number of rotatable bonds is 4. The first-order chi connectivity index (χ1) is 9.49. The third-order valence-corrected chi connectivity index (χ3v) is 2.67. The van der Waals surface area contributed by atoms with E-state index < -0.39 is 11.9 Å². The lowest BCUT2D eigenvalue weighted by atomic mass is 10.2. The predicted octanol–water partition coefficient (Wildman–Crippen LogP) is 1.52. The Morgan fingerprint density at radius 2 is 2.15 bits per heavy atom. The summed E-state index contributed by atoms with van der Waals surface area (Å²) < 4.78 is 10.3. The van der Waals surface area contributed by atoms with Crippen LogP contribution in [0.15, 0.2) is 25.9 Å². The molecule has 0 bridgehead atoms. The van der Waals surface area contributed by atoms with Crippen molar-refractivity contribution in [2.24, 2.45) is 0 Å². The van der Waals surface area contributed by atoms with Crippen LogP contribution in [-0.4, -0.2) is 16.0 Å². The monoisotopic (exact) mass is 277 g/mol. The van der Waals surface area contributed by atoms with E-state index >= 15 is 0 Å². The van der Waals surface area contributed by atoms with Gasteiger partial charge in [0.15, 0.2) is 17.0 Å². The zero-order valence-corrected chi connectivity index (χ0v) is 11.5. The molecule has 1 atom stereocenters. The number of aromatic nitrogens is 2. The maximum absolute atomic E-state index is 12.1. The number of nitrogens with one attached hydrogen (secondary N) is 1. The summed E-state index contributed by atoms with van der Waals surface area (Å²) in [4.78, 5) is 27.5. The highest BCUT2D eigenvalue weighted by atomic mass is 16.5. The zero-order chi connectivity index (χ0) is 14.7. The molecule has 0 saturated heterocycles. The van der Waals surface area contributed by atoms with Gasteiger partial charge >= 0.3 is 0 Å². The van der Waals surface area contributed by atoms with Crippen molar-refractivity contribution in [3.8, 4) is 0 Å². The molecule has 2 aromatic rings. The summed E-state index contributed by atoms with van der Waals surface area (Å²) in [5.41, 5.74) is -0.277. The van der Waals surface area contributed by atoms with E-state index in [-0.39, 0.29) is 11.2 Å². The Labute approximate surface area is 115 Å². The van der Waals surface area contributed by atoms with E-state index in [1.54, 1.807) is 13.8 Å². The number of carbonyl (C=O) groups is 1. The van der Waals surface area contributed by atoms with Gasteiger partial charge in [0.05, 0.1) is 0 Å². The third kappa shape index (κ3) is 3.11. The van der Waals surface area contributed by atoms with Crippen molar-refractivity contribution < 1.29 is 13.7 Å². The molecule has 0 aromatic carbocycles. The van der Waals surface area contributed by atoms with Crippen molar-refractivity contribution in [3.63, 3.8) is 0 Å². The molecule has 2 rings (SSSR count). The number of hydrogen-bond acceptors (Lipinski definition) is 6. The largest absolute Gasteiger partial charge is 0.456 e. The number of hydrogen-bond donors (Lipinski definition) is 1. The molecular formula is C13H15N3O4. The Kier molecular flexibility index (Phi) is 3.97. The summed E-state index contributed by atoms with van der Waals surface area (Å²) in [6.45, 7) is 5.18. The minimum absolute atomic E-state index is 0.0373. The first-order valence-corrected chi connectivity index (χ1v) is 6.22. The lowest BCUT2D eigenvalue weighted by molar-refractivity contribution is 0.0894. The molecule has 2 aromatic heterocycles.